The van der Waals surface area contributed by atoms with Crippen molar-refractivity contribution in [1.82, 2.24) is 5.32 Å². The third-order valence-corrected chi connectivity index (χ3v) is 4.55. The number of hydrogen-bond acceptors (Lipinski definition) is 3. The third kappa shape index (κ3) is 5.82. The summed E-state index contributed by atoms with van der Waals surface area (Å²) in [4.78, 5) is 24.5. The van der Waals surface area contributed by atoms with Crippen LogP contribution in [0.15, 0.2) is 84.9 Å². The highest BCUT2D eigenvalue weighted by atomic mass is 16.5. The Labute approximate surface area is 176 Å². The largest absolute Gasteiger partial charge is 0.497 e. The molecule has 0 aromatic heterocycles. The minimum atomic E-state index is -0.674. The molecule has 5 heteroatoms. The van der Waals surface area contributed by atoms with E-state index in [4.69, 9.17) is 4.74 Å². The molecule has 152 valence electrons. The monoisotopic (exact) mass is 400 g/mol. The molecule has 5 nitrogen and oxygen atoms in total. The molecule has 0 aliphatic heterocycles. The summed E-state index contributed by atoms with van der Waals surface area (Å²) >= 11 is 0. The van der Waals surface area contributed by atoms with Gasteiger partial charge in [0.1, 0.15) is 11.8 Å². The minimum absolute atomic E-state index is 0.284. The van der Waals surface area contributed by atoms with E-state index in [1.807, 2.05) is 78.9 Å². The number of benzene rings is 3. The van der Waals surface area contributed by atoms with Gasteiger partial charge in [-0.15, -0.1) is 0 Å². The van der Waals surface area contributed by atoms with Crippen molar-refractivity contribution in [3.05, 3.63) is 90.5 Å². The van der Waals surface area contributed by atoms with Crippen molar-refractivity contribution in [2.45, 2.75) is 13.0 Å². The van der Waals surface area contributed by atoms with Crippen molar-refractivity contribution in [1.29, 1.82) is 0 Å². The molecular formula is C25H24N2O3. The zero-order valence-corrected chi connectivity index (χ0v) is 17.0. The second-order valence-corrected chi connectivity index (χ2v) is 6.77. The molecule has 0 fully saturated rings. The second-order valence-electron chi connectivity index (χ2n) is 6.77. The van der Waals surface area contributed by atoms with Crippen LogP contribution in [-0.2, 0) is 9.59 Å². The van der Waals surface area contributed by atoms with Gasteiger partial charge in [-0.3, -0.25) is 9.59 Å². The number of carbonyl (C=O) groups excluding carboxylic acids is 2. The van der Waals surface area contributed by atoms with Crippen molar-refractivity contribution in [3.63, 3.8) is 0 Å². The first-order chi connectivity index (χ1) is 14.5. The molecule has 0 radical (unpaired) electrons. The third-order valence-electron chi connectivity index (χ3n) is 4.55. The lowest BCUT2D eigenvalue weighted by Gasteiger charge is -2.13. The Bertz CT molecular complexity index is 1010. The highest BCUT2D eigenvalue weighted by molar-refractivity contribution is 5.99. The van der Waals surface area contributed by atoms with Gasteiger partial charge in [0, 0.05) is 11.8 Å². The summed E-state index contributed by atoms with van der Waals surface area (Å²) in [5, 5.41) is 5.49. The first kappa shape index (κ1) is 20.9. The van der Waals surface area contributed by atoms with Crippen molar-refractivity contribution in [3.8, 4) is 16.9 Å². The lowest BCUT2D eigenvalue weighted by Crippen LogP contribution is -2.40. The van der Waals surface area contributed by atoms with Gasteiger partial charge in [-0.2, -0.15) is 0 Å². The second kappa shape index (κ2) is 10.1. The molecule has 0 aliphatic carbocycles. The molecule has 1 atom stereocenters. The fourth-order valence-electron chi connectivity index (χ4n) is 2.84. The van der Waals surface area contributed by atoms with Crippen LogP contribution in [0.4, 0.5) is 5.69 Å². The molecule has 3 rings (SSSR count). The molecule has 0 aliphatic rings. The maximum Gasteiger partial charge on any atom is 0.246 e. The van der Waals surface area contributed by atoms with E-state index in [1.54, 1.807) is 20.1 Å². The predicted molar refractivity (Wildman–Crippen MR) is 120 cm³/mol. The van der Waals surface area contributed by atoms with Crippen molar-refractivity contribution >= 4 is 23.6 Å². The lowest BCUT2D eigenvalue weighted by atomic mass is 10.1. The van der Waals surface area contributed by atoms with Gasteiger partial charge in [-0.25, -0.2) is 0 Å². The average molecular weight is 400 g/mol. The van der Waals surface area contributed by atoms with Crippen LogP contribution in [0, 0.1) is 0 Å². The molecule has 1 unspecified atom stereocenters. The summed E-state index contributed by atoms with van der Waals surface area (Å²) in [5.74, 6) is 0.125. The number of amides is 2. The first-order valence-electron chi connectivity index (χ1n) is 9.64. The highest BCUT2D eigenvalue weighted by Gasteiger charge is 2.14. The molecule has 2 N–H and O–H groups in total. The Morgan fingerprint density at radius 2 is 1.50 bits per heavy atom. The van der Waals surface area contributed by atoms with Crippen LogP contribution in [0.5, 0.6) is 5.75 Å². The molecule has 0 spiro atoms. The van der Waals surface area contributed by atoms with Gasteiger partial charge < -0.3 is 15.4 Å². The minimum Gasteiger partial charge on any atom is -0.497 e. The Morgan fingerprint density at radius 3 is 2.13 bits per heavy atom. The van der Waals surface area contributed by atoms with Gasteiger partial charge in [-0.05, 0) is 54.0 Å². The lowest BCUT2D eigenvalue weighted by molar-refractivity contribution is -0.123. The van der Waals surface area contributed by atoms with Crippen LogP contribution < -0.4 is 15.4 Å². The summed E-state index contributed by atoms with van der Waals surface area (Å²) in [5.41, 5.74) is 3.72. The van der Waals surface area contributed by atoms with E-state index in [0.717, 1.165) is 22.4 Å². The van der Waals surface area contributed by atoms with E-state index in [1.165, 1.54) is 6.08 Å². The quantitative estimate of drug-likeness (QED) is 0.573. The van der Waals surface area contributed by atoms with Gasteiger partial charge in [0.25, 0.3) is 0 Å². The van der Waals surface area contributed by atoms with Crippen LogP contribution in [0.25, 0.3) is 17.2 Å². The smallest absolute Gasteiger partial charge is 0.246 e. The standard InChI is InChI=1S/C25H24N2O3/c1-18(26-24(28)17-10-19-8-15-23(30-2)16-9-19)25(29)27-22-13-11-21(12-14-22)20-6-4-3-5-7-20/h3-18H,1-2H3,(H,26,28)(H,27,29)/b17-10+. The Kier molecular flexibility index (Phi) is 7.00. The summed E-state index contributed by atoms with van der Waals surface area (Å²) in [6, 6.07) is 24.2. The van der Waals surface area contributed by atoms with Crippen molar-refractivity contribution < 1.29 is 14.3 Å². The summed E-state index contributed by atoms with van der Waals surface area (Å²) in [7, 11) is 1.60. The fourth-order valence-corrected chi connectivity index (χ4v) is 2.84. The SMILES string of the molecule is COc1ccc(/C=C/C(=O)NC(C)C(=O)Nc2ccc(-c3ccccc3)cc2)cc1. The molecule has 0 heterocycles. The molecule has 30 heavy (non-hydrogen) atoms. The van der Waals surface area contributed by atoms with Gasteiger partial charge in [0.05, 0.1) is 7.11 Å². The topological polar surface area (TPSA) is 67.4 Å². The number of hydrogen-bond donors (Lipinski definition) is 2. The van der Waals surface area contributed by atoms with Crippen LogP contribution in [0.2, 0.25) is 0 Å². The number of anilines is 1. The van der Waals surface area contributed by atoms with Gasteiger partial charge in [0.2, 0.25) is 11.8 Å². The maximum atomic E-state index is 12.4. The normalized spacial score (nSPS) is 11.7. The maximum absolute atomic E-state index is 12.4. The molecule has 2 amide bonds. The number of ether oxygens (including phenoxy) is 1. The van der Waals surface area contributed by atoms with Crippen molar-refractivity contribution in [2.75, 3.05) is 12.4 Å². The summed E-state index contributed by atoms with van der Waals surface area (Å²) in [6.45, 7) is 1.65. The number of methoxy groups -OCH3 is 1. The van der Waals surface area contributed by atoms with E-state index in [9.17, 15) is 9.59 Å². The summed E-state index contributed by atoms with van der Waals surface area (Å²) in [6.07, 6.45) is 3.09. The predicted octanol–water partition coefficient (Wildman–Crippen LogP) is 4.52. The molecule has 0 saturated carbocycles. The van der Waals surface area contributed by atoms with Crippen LogP contribution in [-0.4, -0.2) is 25.0 Å². The van der Waals surface area contributed by atoms with E-state index in [0.29, 0.717) is 5.69 Å². The molecule has 0 saturated heterocycles. The fraction of sp³-hybridized carbons (Fsp3) is 0.120. The van der Waals surface area contributed by atoms with Gasteiger partial charge in [-0.1, -0.05) is 54.6 Å². The van der Waals surface area contributed by atoms with Crippen LogP contribution in [0.3, 0.4) is 0 Å². The van der Waals surface area contributed by atoms with Gasteiger partial charge >= 0.3 is 0 Å². The number of nitrogens with one attached hydrogen (secondary N) is 2. The number of rotatable bonds is 7. The van der Waals surface area contributed by atoms with Gasteiger partial charge in [0.15, 0.2) is 0 Å². The zero-order valence-electron chi connectivity index (χ0n) is 17.0. The van der Waals surface area contributed by atoms with E-state index in [-0.39, 0.29) is 11.8 Å². The Morgan fingerprint density at radius 1 is 0.867 bits per heavy atom. The molecule has 3 aromatic carbocycles. The van der Waals surface area contributed by atoms with E-state index in [2.05, 4.69) is 10.6 Å². The molecule has 3 aromatic rings. The first-order valence-corrected chi connectivity index (χ1v) is 9.64. The van der Waals surface area contributed by atoms with Crippen LogP contribution >= 0.6 is 0 Å². The molecule has 0 bridgehead atoms. The Balaban J connectivity index is 1.52. The molecular weight excluding hydrogens is 376 g/mol. The Hall–Kier alpha value is -3.86. The highest BCUT2D eigenvalue weighted by Crippen LogP contribution is 2.21. The summed E-state index contributed by atoms with van der Waals surface area (Å²) < 4.78 is 5.10. The van der Waals surface area contributed by atoms with Crippen LogP contribution in [0.1, 0.15) is 12.5 Å². The number of carbonyl (C=O) groups is 2. The average Bonchev–Trinajstić information content (AvgIpc) is 2.79. The van der Waals surface area contributed by atoms with E-state index >= 15 is 0 Å². The zero-order chi connectivity index (χ0) is 21.3. The van der Waals surface area contributed by atoms with E-state index < -0.39 is 6.04 Å². The van der Waals surface area contributed by atoms with Crippen molar-refractivity contribution in [2.24, 2.45) is 0 Å².